The first-order chi connectivity index (χ1) is 21.8. The van der Waals surface area contributed by atoms with Gasteiger partial charge in [-0.1, -0.05) is 25.3 Å². The van der Waals surface area contributed by atoms with Crippen LogP contribution in [-0.2, 0) is 23.1 Å². The molecule has 1 aliphatic heterocycles. The first-order valence-electron chi connectivity index (χ1n) is 14.2. The van der Waals surface area contributed by atoms with E-state index in [1.165, 1.54) is 17.4 Å². The van der Waals surface area contributed by atoms with Crippen LogP contribution in [0.3, 0.4) is 0 Å². The van der Waals surface area contributed by atoms with Gasteiger partial charge < -0.3 is 14.7 Å². The molecule has 1 aliphatic rings. The van der Waals surface area contributed by atoms with Crippen LogP contribution >= 0.6 is 11.3 Å². The number of hydrogen-bond donors (Lipinski definition) is 1. The molecule has 1 aromatic carbocycles. The van der Waals surface area contributed by atoms with Crippen LogP contribution in [0.25, 0.3) is 49.2 Å². The molecule has 0 fully saturated rings. The minimum Gasteiger partial charge on any atom is -0.491 e. The van der Waals surface area contributed by atoms with Crippen molar-refractivity contribution < 1.29 is 23.4 Å². The van der Waals surface area contributed by atoms with Crippen molar-refractivity contribution in [1.82, 2.24) is 29.4 Å². The predicted molar refractivity (Wildman–Crippen MR) is 171 cm³/mol. The van der Waals surface area contributed by atoms with Crippen molar-refractivity contribution in [1.29, 1.82) is 0 Å². The number of allylic oxidation sites excluding steroid dienone is 3. The number of aliphatic hydroxyl groups is 1. The zero-order valence-corrected chi connectivity index (χ0v) is 25.5. The van der Waals surface area contributed by atoms with Gasteiger partial charge in [0, 0.05) is 46.3 Å². The molecule has 1 atom stereocenters. The Hall–Kier alpha value is -4.94. The average molecular weight is 629 g/mol. The molecule has 1 amide bonds. The van der Waals surface area contributed by atoms with Crippen molar-refractivity contribution in [2.45, 2.75) is 19.5 Å². The van der Waals surface area contributed by atoms with Crippen molar-refractivity contribution >= 4 is 43.8 Å². The number of carbonyl (C=O) groups is 1. The van der Waals surface area contributed by atoms with Gasteiger partial charge in [0.2, 0.25) is 5.91 Å². The lowest BCUT2D eigenvalue weighted by molar-refractivity contribution is -0.129. The number of benzene rings is 1. The molecule has 12 heteroatoms. The van der Waals surface area contributed by atoms with E-state index in [0.29, 0.717) is 46.5 Å². The molecule has 0 aliphatic carbocycles. The third kappa shape index (κ3) is 5.25. The Balaban J connectivity index is 1.65. The summed E-state index contributed by atoms with van der Waals surface area (Å²) < 4.78 is 39.1. The number of aliphatic hydroxyl groups excluding tert-OH is 1. The van der Waals surface area contributed by atoms with Crippen LogP contribution < -0.4 is 0 Å². The Labute approximate surface area is 261 Å². The summed E-state index contributed by atoms with van der Waals surface area (Å²) in [6, 6.07) is 9.35. The Morgan fingerprint density at radius 1 is 1.24 bits per heavy atom. The Morgan fingerprint density at radius 3 is 2.82 bits per heavy atom. The standard InChI is InChI=1S/C33H30F2N6O3S/c1-5-28(43)40-11-12-41-26(19(40)2)17-25(38-41)32-30(29(24(35)8-10-34)20(3)44-14-13-42)33-23(9-15-45-33)31(37-32)21-6-7-22-18-36-39(4)27(22)16-21/h5-10,15-19,42H,1,3,11-14H2,2,4H3/b10-8+,29-24-/t19-/m1/s1. The molecule has 0 radical (unpaired) electrons. The van der Waals surface area contributed by atoms with Crippen molar-refractivity contribution in [2.24, 2.45) is 7.05 Å². The molecular formula is C33H30F2N6O3S. The lowest BCUT2D eigenvalue weighted by Crippen LogP contribution is -2.40. The highest BCUT2D eigenvalue weighted by molar-refractivity contribution is 7.17. The second-order valence-corrected chi connectivity index (χ2v) is 11.4. The van der Waals surface area contributed by atoms with Gasteiger partial charge in [0.25, 0.3) is 0 Å². The summed E-state index contributed by atoms with van der Waals surface area (Å²) in [5, 5.41) is 22.2. The van der Waals surface area contributed by atoms with E-state index in [0.717, 1.165) is 27.5 Å². The van der Waals surface area contributed by atoms with E-state index in [9.17, 15) is 14.3 Å². The fourth-order valence-electron chi connectivity index (χ4n) is 5.76. The number of carbonyl (C=O) groups excluding carboxylic acids is 1. The van der Waals surface area contributed by atoms with Crippen LogP contribution in [0.5, 0.6) is 0 Å². The Bertz CT molecular complexity index is 2040. The molecule has 1 N–H and O–H groups in total. The summed E-state index contributed by atoms with van der Waals surface area (Å²) in [6.45, 7) is 9.88. The minimum atomic E-state index is -0.928. The van der Waals surface area contributed by atoms with Gasteiger partial charge in [0.1, 0.15) is 29.6 Å². The van der Waals surface area contributed by atoms with Crippen LogP contribution in [0.15, 0.2) is 85.1 Å². The summed E-state index contributed by atoms with van der Waals surface area (Å²) in [5.74, 6) is -1.21. The van der Waals surface area contributed by atoms with Gasteiger partial charge in [-0.25, -0.2) is 13.8 Å². The third-order valence-electron chi connectivity index (χ3n) is 7.93. The molecule has 230 valence electrons. The number of thiophene rings is 1. The highest BCUT2D eigenvalue weighted by atomic mass is 32.1. The average Bonchev–Trinajstić information content (AvgIpc) is 3.79. The minimum absolute atomic E-state index is 0.0958. The summed E-state index contributed by atoms with van der Waals surface area (Å²) in [7, 11) is 1.86. The van der Waals surface area contributed by atoms with Crippen molar-refractivity contribution in [3.8, 4) is 22.6 Å². The first-order valence-corrected chi connectivity index (χ1v) is 15.1. The molecule has 4 aromatic heterocycles. The number of hydrogen-bond acceptors (Lipinski definition) is 7. The number of aryl methyl sites for hydroxylation is 1. The first kappa shape index (κ1) is 30.1. The number of pyridine rings is 1. The quantitative estimate of drug-likeness (QED) is 0.114. The second kappa shape index (κ2) is 12.2. The fraction of sp³-hybridized carbons (Fsp3) is 0.212. The van der Waals surface area contributed by atoms with E-state index in [1.54, 1.807) is 15.8 Å². The Morgan fingerprint density at radius 2 is 2.07 bits per heavy atom. The summed E-state index contributed by atoms with van der Waals surface area (Å²) in [6.07, 6.45) is 3.87. The van der Waals surface area contributed by atoms with Crippen molar-refractivity contribution in [2.75, 3.05) is 19.8 Å². The van der Waals surface area contributed by atoms with E-state index in [1.807, 2.05) is 54.4 Å². The fourth-order valence-corrected chi connectivity index (χ4v) is 6.71. The molecule has 0 unspecified atom stereocenters. The van der Waals surface area contributed by atoms with Crippen LogP contribution in [0.4, 0.5) is 8.78 Å². The summed E-state index contributed by atoms with van der Waals surface area (Å²) in [5.41, 5.74) is 4.11. The zero-order valence-electron chi connectivity index (χ0n) is 24.7. The number of fused-ring (bicyclic) bond motifs is 3. The number of nitrogens with zero attached hydrogens (tertiary/aromatic N) is 6. The maximum atomic E-state index is 15.9. The number of amides is 1. The number of rotatable bonds is 9. The van der Waals surface area contributed by atoms with Crippen LogP contribution in [0.1, 0.15) is 24.2 Å². The molecule has 9 nitrogen and oxygen atoms in total. The molecule has 0 spiro atoms. The van der Waals surface area contributed by atoms with E-state index < -0.39 is 5.83 Å². The van der Waals surface area contributed by atoms with Crippen LogP contribution in [0.2, 0.25) is 0 Å². The third-order valence-corrected chi connectivity index (χ3v) is 8.87. The second-order valence-electron chi connectivity index (χ2n) is 10.5. The number of halogens is 2. The Kier molecular flexibility index (Phi) is 8.17. The van der Waals surface area contributed by atoms with Gasteiger partial charge in [0.15, 0.2) is 0 Å². The van der Waals surface area contributed by atoms with Crippen molar-refractivity contribution in [3.05, 3.63) is 96.4 Å². The molecule has 5 heterocycles. The van der Waals surface area contributed by atoms with Gasteiger partial charge in [0.05, 0.1) is 54.2 Å². The predicted octanol–water partition coefficient (Wildman–Crippen LogP) is 6.49. The molecular weight excluding hydrogens is 598 g/mol. The topological polar surface area (TPSA) is 98.3 Å². The highest BCUT2D eigenvalue weighted by Gasteiger charge is 2.31. The van der Waals surface area contributed by atoms with Crippen molar-refractivity contribution in [3.63, 3.8) is 0 Å². The molecule has 0 saturated carbocycles. The normalized spacial score (nSPS) is 15.5. The maximum absolute atomic E-state index is 15.9. The monoisotopic (exact) mass is 628 g/mol. The van der Waals surface area contributed by atoms with Crippen LogP contribution in [-0.4, -0.2) is 60.2 Å². The molecule has 6 rings (SSSR count). The smallest absolute Gasteiger partial charge is 0.246 e. The van der Waals surface area contributed by atoms with E-state index in [2.05, 4.69) is 18.3 Å². The lowest BCUT2D eigenvalue weighted by atomic mass is 9.95. The van der Waals surface area contributed by atoms with Crippen LogP contribution in [0, 0.1) is 0 Å². The van der Waals surface area contributed by atoms with Gasteiger partial charge in [-0.3, -0.25) is 14.2 Å². The van der Waals surface area contributed by atoms with Gasteiger partial charge >= 0.3 is 0 Å². The molecule has 0 saturated heterocycles. The molecule has 5 aromatic rings. The summed E-state index contributed by atoms with van der Waals surface area (Å²) >= 11 is 1.37. The van der Waals surface area contributed by atoms with E-state index >= 15 is 4.39 Å². The van der Waals surface area contributed by atoms with E-state index in [-0.39, 0.29) is 42.8 Å². The SMILES string of the molecule is C=CC(=O)N1CCn2nc(-c3nc(-c4ccc5cnn(C)c5c4)c4ccsc4c3/C(C(=C)OCCO)=C(F)/C=C/F)cc2[C@H]1C. The van der Waals surface area contributed by atoms with E-state index in [4.69, 9.17) is 14.8 Å². The molecule has 0 bridgehead atoms. The molecule has 45 heavy (non-hydrogen) atoms. The van der Waals surface area contributed by atoms with Gasteiger partial charge in [-0.05, 0) is 36.6 Å². The summed E-state index contributed by atoms with van der Waals surface area (Å²) in [4.78, 5) is 19.4. The highest BCUT2D eigenvalue weighted by Crippen LogP contribution is 2.45. The van der Waals surface area contributed by atoms with Gasteiger partial charge in [-0.2, -0.15) is 10.2 Å². The number of ether oxygens (including phenoxy) is 1. The lowest BCUT2D eigenvalue weighted by Gasteiger charge is -2.33. The number of aromatic nitrogens is 5. The van der Waals surface area contributed by atoms with Gasteiger partial charge in [-0.15, -0.1) is 11.3 Å². The largest absolute Gasteiger partial charge is 0.491 e. The maximum Gasteiger partial charge on any atom is 0.246 e. The zero-order chi connectivity index (χ0) is 31.8.